The van der Waals surface area contributed by atoms with E-state index in [4.69, 9.17) is 11.6 Å². The van der Waals surface area contributed by atoms with Gasteiger partial charge in [0.1, 0.15) is 0 Å². The first-order valence-corrected chi connectivity index (χ1v) is 6.37. The van der Waals surface area contributed by atoms with E-state index in [1.54, 1.807) is 0 Å². The Hall–Kier alpha value is 0.500. The standard InChI is InChI=1S/C11H21ClN2.ClH/c12-11(9-13-5-1-2-6-13)10-14-7-3-4-8-14;/h11H,1-10H2;1H. The fraction of sp³-hybridized carbons (Fsp3) is 1.00. The molecule has 2 fully saturated rings. The Labute approximate surface area is 104 Å². The lowest BCUT2D eigenvalue weighted by molar-refractivity contribution is 0.284. The van der Waals surface area contributed by atoms with Crippen LogP contribution < -0.4 is 0 Å². The maximum absolute atomic E-state index is 6.36. The Morgan fingerprint density at radius 1 is 0.800 bits per heavy atom. The molecule has 90 valence electrons. The molecule has 0 saturated carbocycles. The number of alkyl halides is 1. The number of likely N-dealkylation sites (tertiary alicyclic amines) is 2. The molecule has 4 heteroatoms. The molecule has 0 spiro atoms. The topological polar surface area (TPSA) is 6.48 Å². The van der Waals surface area contributed by atoms with E-state index in [0.29, 0.717) is 5.38 Å². The average molecular weight is 253 g/mol. The molecule has 2 saturated heterocycles. The van der Waals surface area contributed by atoms with Crippen LogP contribution in [0.5, 0.6) is 0 Å². The smallest absolute Gasteiger partial charge is 0.0590 e. The summed E-state index contributed by atoms with van der Waals surface area (Å²) in [4.78, 5) is 5.02. The molecule has 2 aliphatic heterocycles. The van der Waals surface area contributed by atoms with E-state index in [1.807, 2.05) is 0 Å². The van der Waals surface area contributed by atoms with E-state index in [0.717, 1.165) is 13.1 Å². The van der Waals surface area contributed by atoms with Gasteiger partial charge in [0.15, 0.2) is 0 Å². The Morgan fingerprint density at radius 3 is 1.47 bits per heavy atom. The summed E-state index contributed by atoms with van der Waals surface area (Å²) in [7, 11) is 0. The molecule has 0 amide bonds. The molecule has 0 bridgehead atoms. The first-order valence-electron chi connectivity index (χ1n) is 5.93. The van der Waals surface area contributed by atoms with Crippen LogP contribution in [0.3, 0.4) is 0 Å². The van der Waals surface area contributed by atoms with E-state index < -0.39 is 0 Å². The van der Waals surface area contributed by atoms with Crippen molar-refractivity contribution in [3.05, 3.63) is 0 Å². The zero-order chi connectivity index (χ0) is 9.80. The molecule has 0 unspecified atom stereocenters. The van der Waals surface area contributed by atoms with Gasteiger partial charge in [-0.05, 0) is 51.9 Å². The fourth-order valence-corrected chi connectivity index (χ4v) is 2.94. The Balaban J connectivity index is 0.00000112. The number of halogens is 2. The molecule has 2 aliphatic rings. The van der Waals surface area contributed by atoms with Crippen molar-refractivity contribution in [2.75, 3.05) is 39.3 Å². The average Bonchev–Trinajstić information content (AvgIpc) is 2.76. The van der Waals surface area contributed by atoms with Gasteiger partial charge in [-0.2, -0.15) is 0 Å². The summed E-state index contributed by atoms with van der Waals surface area (Å²) < 4.78 is 0. The number of hydrogen-bond donors (Lipinski definition) is 0. The highest BCUT2D eigenvalue weighted by Crippen LogP contribution is 2.13. The third-order valence-corrected chi connectivity index (χ3v) is 3.59. The van der Waals surface area contributed by atoms with Gasteiger partial charge in [0.05, 0.1) is 5.38 Å². The zero-order valence-electron chi connectivity index (χ0n) is 9.33. The monoisotopic (exact) mass is 252 g/mol. The third kappa shape index (κ3) is 4.48. The molecule has 2 heterocycles. The van der Waals surface area contributed by atoms with Crippen molar-refractivity contribution >= 4 is 24.0 Å². The lowest BCUT2D eigenvalue weighted by Crippen LogP contribution is -2.35. The second-order valence-electron chi connectivity index (χ2n) is 4.61. The molecule has 15 heavy (non-hydrogen) atoms. The summed E-state index contributed by atoms with van der Waals surface area (Å²) in [5.41, 5.74) is 0. The molecule has 2 nitrogen and oxygen atoms in total. The Kier molecular flexibility index (Phi) is 6.28. The molecular formula is C11H22Cl2N2. The summed E-state index contributed by atoms with van der Waals surface area (Å²) in [6.45, 7) is 7.26. The van der Waals surface area contributed by atoms with Gasteiger partial charge < -0.3 is 9.80 Å². The zero-order valence-corrected chi connectivity index (χ0v) is 10.9. The quantitative estimate of drug-likeness (QED) is 0.709. The summed E-state index contributed by atoms with van der Waals surface area (Å²) in [6, 6.07) is 0. The molecule has 2 rings (SSSR count). The number of nitrogens with zero attached hydrogens (tertiary/aromatic N) is 2. The molecule has 0 aliphatic carbocycles. The van der Waals surface area contributed by atoms with Crippen molar-refractivity contribution in [3.8, 4) is 0 Å². The lowest BCUT2D eigenvalue weighted by atomic mass is 10.3. The highest BCUT2D eigenvalue weighted by molar-refractivity contribution is 6.21. The maximum Gasteiger partial charge on any atom is 0.0590 e. The predicted octanol–water partition coefficient (Wildman–Crippen LogP) is 2.21. The normalized spacial score (nSPS) is 23.6. The lowest BCUT2D eigenvalue weighted by Gasteiger charge is -2.23. The van der Waals surface area contributed by atoms with E-state index in [2.05, 4.69) is 9.80 Å². The van der Waals surface area contributed by atoms with Gasteiger partial charge in [0.2, 0.25) is 0 Å². The molecule has 0 N–H and O–H groups in total. The third-order valence-electron chi connectivity index (χ3n) is 3.31. The van der Waals surface area contributed by atoms with Gasteiger partial charge >= 0.3 is 0 Å². The van der Waals surface area contributed by atoms with Gasteiger partial charge in [0.25, 0.3) is 0 Å². The number of rotatable bonds is 4. The van der Waals surface area contributed by atoms with Crippen LogP contribution in [-0.4, -0.2) is 54.4 Å². The predicted molar refractivity (Wildman–Crippen MR) is 68.2 cm³/mol. The van der Waals surface area contributed by atoms with Gasteiger partial charge in [-0.3, -0.25) is 0 Å². The number of hydrogen-bond acceptors (Lipinski definition) is 2. The van der Waals surface area contributed by atoms with Gasteiger partial charge in [-0.1, -0.05) is 0 Å². The van der Waals surface area contributed by atoms with Crippen molar-refractivity contribution in [2.45, 2.75) is 31.1 Å². The van der Waals surface area contributed by atoms with Crippen LogP contribution in [0.4, 0.5) is 0 Å². The van der Waals surface area contributed by atoms with Crippen molar-refractivity contribution in [3.63, 3.8) is 0 Å². The first-order chi connectivity index (χ1) is 6.84. The van der Waals surface area contributed by atoms with Crippen LogP contribution in [0.25, 0.3) is 0 Å². The minimum Gasteiger partial charge on any atom is -0.302 e. The van der Waals surface area contributed by atoms with E-state index in [1.165, 1.54) is 51.9 Å². The van der Waals surface area contributed by atoms with Gasteiger partial charge in [-0.25, -0.2) is 0 Å². The van der Waals surface area contributed by atoms with Gasteiger partial charge in [0, 0.05) is 13.1 Å². The van der Waals surface area contributed by atoms with Gasteiger partial charge in [-0.15, -0.1) is 24.0 Å². The summed E-state index contributed by atoms with van der Waals surface area (Å²) in [5, 5.41) is 0.339. The van der Waals surface area contributed by atoms with Crippen LogP contribution >= 0.6 is 24.0 Å². The van der Waals surface area contributed by atoms with Crippen LogP contribution in [-0.2, 0) is 0 Å². The molecule has 0 aromatic rings. The van der Waals surface area contributed by atoms with Crippen LogP contribution in [0.2, 0.25) is 0 Å². The molecular weight excluding hydrogens is 231 g/mol. The molecule has 0 radical (unpaired) electrons. The molecule has 0 aromatic heterocycles. The van der Waals surface area contributed by atoms with Crippen molar-refractivity contribution in [1.29, 1.82) is 0 Å². The van der Waals surface area contributed by atoms with Crippen LogP contribution in [0.15, 0.2) is 0 Å². The summed E-state index contributed by atoms with van der Waals surface area (Å²) in [5.74, 6) is 0. The minimum atomic E-state index is 0. The Bertz CT molecular complexity index is 148. The van der Waals surface area contributed by atoms with Crippen molar-refractivity contribution in [1.82, 2.24) is 9.80 Å². The second-order valence-corrected chi connectivity index (χ2v) is 5.23. The van der Waals surface area contributed by atoms with Crippen molar-refractivity contribution in [2.24, 2.45) is 0 Å². The Morgan fingerprint density at radius 2 is 1.13 bits per heavy atom. The molecule has 0 atom stereocenters. The summed E-state index contributed by atoms with van der Waals surface area (Å²) in [6.07, 6.45) is 5.47. The largest absolute Gasteiger partial charge is 0.302 e. The van der Waals surface area contributed by atoms with E-state index in [-0.39, 0.29) is 12.4 Å². The fourth-order valence-electron chi connectivity index (χ4n) is 2.55. The van der Waals surface area contributed by atoms with E-state index in [9.17, 15) is 0 Å². The van der Waals surface area contributed by atoms with Crippen LogP contribution in [0, 0.1) is 0 Å². The van der Waals surface area contributed by atoms with Crippen molar-refractivity contribution < 1.29 is 0 Å². The highest BCUT2D eigenvalue weighted by Gasteiger charge is 2.19. The van der Waals surface area contributed by atoms with E-state index >= 15 is 0 Å². The SMILES string of the molecule is Cl.ClC(CN1CCCC1)CN1CCCC1. The van der Waals surface area contributed by atoms with Crippen LogP contribution in [0.1, 0.15) is 25.7 Å². The summed E-state index contributed by atoms with van der Waals surface area (Å²) >= 11 is 6.36. The maximum atomic E-state index is 6.36. The molecule has 0 aromatic carbocycles. The second kappa shape index (κ2) is 6.95. The minimum absolute atomic E-state index is 0. The first kappa shape index (κ1) is 13.6. The highest BCUT2D eigenvalue weighted by atomic mass is 35.5.